The number of aromatic nitrogens is 1. The summed E-state index contributed by atoms with van der Waals surface area (Å²) in [5, 5.41) is 11.5. The number of rotatable bonds is 10. The Balaban J connectivity index is 1.85. The van der Waals surface area contributed by atoms with E-state index in [9.17, 15) is 9.59 Å². The second-order valence-electron chi connectivity index (χ2n) is 5.77. The molecular formula is C19H22N2O5. The zero-order chi connectivity index (χ0) is 18.9. The fraction of sp³-hybridized carbons (Fsp3) is 0.316. The van der Waals surface area contributed by atoms with Gasteiger partial charge in [0.2, 0.25) is 5.91 Å². The van der Waals surface area contributed by atoms with Crippen molar-refractivity contribution in [3.05, 3.63) is 54.6 Å². The molecule has 1 unspecified atom stereocenters. The second kappa shape index (κ2) is 9.53. The number of ether oxygens (including phenoxy) is 1. The minimum absolute atomic E-state index is 0.0685. The molecule has 1 heterocycles. The lowest BCUT2D eigenvalue weighted by Crippen LogP contribution is -2.44. The Bertz CT molecular complexity index is 752. The summed E-state index contributed by atoms with van der Waals surface area (Å²) >= 11 is 0. The maximum absolute atomic E-state index is 12.0. The molecule has 0 aliphatic rings. The highest BCUT2D eigenvalue weighted by molar-refractivity contribution is 5.83. The number of oxazole rings is 1. The second-order valence-corrected chi connectivity index (χ2v) is 5.77. The topological polar surface area (TPSA) is 102 Å². The van der Waals surface area contributed by atoms with Gasteiger partial charge in [0.05, 0.1) is 19.4 Å². The summed E-state index contributed by atoms with van der Waals surface area (Å²) in [6.07, 6.45) is 3.46. The number of nitrogens with one attached hydrogen (secondary N) is 1. The summed E-state index contributed by atoms with van der Waals surface area (Å²) < 4.78 is 10.7. The summed E-state index contributed by atoms with van der Waals surface area (Å²) in [7, 11) is 0. The van der Waals surface area contributed by atoms with Crippen LogP contribution < -0.4 is 5.32 Å². The van der Waals surface area contributed by atoms with E-state index in [1.165, 1.54) is 6.08 Å². The van der Waals surface area contributed by atoms with Crippen molar-refractivity contribution in [2.75, 3.05) is 13.2 Å². The van der Waals surface area contributed by atoms with Gasteiger partial charge in [-0.15, -0.1) is 6.58 Å². The molecule has 2 rings (SSSR count). The Labute approximate surface area is 151 Å². The fourth-order valence-corrected chi connectivity index (χ4v) is 2.21. The number of aryl methyl sites for hydroxylation is 2. The van der Waals surface area contributed by atoms with Crippen LogP contribution in [-0.2, 0) is 20.7 Å². The lowest BCUT2D eigenvalue weighted by molar-refractivity contribution is -0.143. The van der Waals surface area contributed by atoms with Crippen molar-refractivity contribution >= 4 is 11.9 Å². The summed E-state index contributed by atoms with van der Waals surface area (Å²) in [6, 6.07) is 6.73. The molecule has 26 heavy (non-hydrogen) atoms. The highest BCUT2D eigenvalue weighted by Crippen LogP contribution is 2.21. The summed E-state index contributed by atoms with van der Waals surface area (Å²) in [5.41, 5.74) is 2.05. The van der Waals surface area contributed by atoms with Crippen LogP contribution in [0.15, 0.2) is 47.5 Å². The van der Waals surface area contributed by atoms with Crippen molar-refractivity contribution in [2.24, 2.45) is 0 Å². The molecule has 1 aromatic heterocycles. The van der Waals surface area contributed by atoms with Gasteiger partial charge in [0.1, 0.15) is 0 Å². The highest BCUT2D eigenvalue weighted by Gasteiger charge is 2.20. The Morgan fingerprint density at radius 1 is 1.38 bits per heavy atom. The van der Waals surface area contributed by atoms with E-state index in [0.717, 1.165) is 11.1 Å². The first kappa shape index (κ1) is 19.4. The molecule has 0 bridgehead atoms. The molecule has 1 amide bonds. The van der Waals surface area contributed by atoms with Gasteiger partial charge < -0.3 is 19.6 Å². The Morgan fingerprint density at radius 2 is 2.12 bits per heavy atom. The van der Waals surface area contributed by atoms with Gasteiger partial charge in [-0.25, -0.2) is 9.78 Å². The van der Waals surface area contributed by atoms with Crippen LogP contribution in [0.5, 0.6) is 0 Å². The molecule has 7 heteroatoms. The van der Waals surface area contributed by atoms with Crippen LogP contribution >= 0.6 is 0 Å². The summed E-state index contributed by atoms with van der Waals surface area (Å²) in [5.74, 6) is -0.512. The van der Waals surface area contributed by atoms with E-state index in [0.29, 0.717) is 11.7 Å². The number of benzene rings is 1. The molecule has 1 aromatic carbocycles. The predicted octanol–water partition coefficient (Wildman–Crippen LogP) is 2.35. The van der Waals surface area contributed by atoms with Crippen LogP contribution in [0.1, 0.15) is 17.9 Å². The summed E-state index contributed by atoms with van der Waals surface area (Å²) in [6.45, 7) is 5.58. The van der Waals surface area contributed by atoms with Crippen molar-refractivity contribution in [2.45, 2.75) is 25.8 Å². The molecule has 138 valence electrons. The van der Waals surface area contributed by atoms with Gasteiger partial charge in [-0.05, 0) is 6.92 Å². The normalized spacial score (nSPS) is 11.7. The average molecular weight is 358 g/mol. The zero-order valence-electron chi connectivity index (χ0n) is 14.6. The van der Waals surface area contributed by atoms with Gasteiger partial charge in [0.25, 0.3) is 0 Å². The molecule has 0 saturated carbocycles. The monoisotopic (exact) mass is 358 g/mol. The maximum Gasteiger partial charge on any atom is 0.328 e. The molecular weight excluding hydrogens is 336 g/mol. The third-order valence-corrected chi connectivity index (χ3v) is 3.61. The predicted molar refractivity (Wildman–Crippen MR) is 95.6 cm³/mol. The summed E-state index contributed by atoms with van der Waals surface area (Å²) in [4.78, 5) is 27.3. The van der Waals surface area contributed by atoms with Gasteiger partial charge in [0, 0.05) is 18.4 Å². The van der Waals surface area contributed by atoms with E-state index >= 15 is 0 Å². The molecule has 2 aromatic rings. The van der Waals surface area contributed by atoms with Crippen molar-refractivity contribution in [1.29, 1.82) is 0 Å². The van der Waals surface area contributed by atoms with Gasteiger partial charge in [-0.2, -0.15) is 0 Å². The molecule has 0 aliphatic heterocycles. The van der Waals surface area contributed by atoms with Crippen LogP contribution in [0.4, 0.5) is 0 Å². The number of nitrogens with zero attached hydrogens (tertiary/aromatic N) is 1. The molecule has 0 saturated heterocycles. The minimum atomic E-state index is -1.15. The Morgan fingerprint density at radius 3 is 2.77 bits per heavy atom. The van der Waals surface area contributed by atoms with Gasteiger partial charge in [-0.3, -0.25) is 4.79 Å². The highest BCUT2D eigenvalue weighted by atomic mass is 16.5. The lowest BCUT2D eigenvalue weighted by atomic mass is 10.1. The van der Waals surface area contributed by atoms with E-state index in [1.807, 2.05) is 31.2 Å². The van der Waals surface area contributed by atoms with Crippen molar-refractivity contribution in [3.63, 3.8) is 0 Å². The fourth-order valence-electron chi connectivity index (χ4n) is 2.21. The third kappa shape index (κ3) is 5.86. The molecule has 0 fully saturated rings. The van der Waals surface area contributed by atoms with Gasteiger partial charge >= 0.3 is 5.97 Å². The average Bonchev–Trinajstić information content (AvgIpc) is 3.09. The third-order valence-electron chi connectivity index (χ3n) is 3.61. The van der Waals surface area contributed by atoms with Gasteiger partial charge in [0.15, 0.2) is 17.7 Å². The molecule has 0 radical (unpaired) electrons. The smallest absolute Gasteiger partial charge is 0.328 e. The first-order valence-electron chi connectivity index (χ1n) is 8.22. The quantitative estimate of drug-likeness (QED) is 0.499. The van der Waals surface area contributed by atoms with Crippen LogP contribution in [0.2, 0.25) is 0 Å². The van der Waals surface area contributed by atoms with Crippen molar-refractivity contribution in [3.8, 4) is 11.3 Å². The minimum Gasteiger partial charge on any atom is -0.480 e. The number of aliphatic carboxylic acids is 1. The van der Waals surface area contributed by atoms with E-state index in [1.54, 1.807) is 6.20 Å². The first-order chi connectivity index (χ1) is 12.5. The van der Waals surface area contributed by atoms with Crippen LogP contribution in [0.25, 0.3) is 11.3 Å². The SMILES string of the molecule is C=CCOCC(NC(=O)CCc1ncc(-c2ccc(C)cc2)o1)C(=O)O. The number of carboxylic acid groups (broad SMARTS) is 1. The standard InChI is InChI=1S/C19H22N2O5/c1-3-10-25-12-15(19(23)24)21-17(22)8-9-18-20-11-16(26-18)14-6-4-13(2)5-7-14/h3-7,11,15H,1,8-10,12H2,2H3,(H,21,22)(H,23,24). The molecule has 2 N–H and O–H groups in total. The van der Waals surface area contributed by atoms with Crippen LogP contribution in [0.3, 0.4) is 0 Å². The number of hydrogen-bond acceptors (Lipinski definition) is 5. The number of carbonyl (C=O) groups excluding carboxylic acids is 1. The van der Waals surface area contributed by atoms with Crippen LogP contribution in [0, 0.1) is 6.92 Å². The first-order valence-corrected chi connectivity index (χ1v) is 8.22. The maximum atomic E-state index is 12.0. The number of carboxylic acids is 1. The van der Waals surface area contributed by atoms with E-state index < -0.39 is 17.9 Å². The number of hydrogen-bond donors (Lipinski definition) is 2. The molecule has 0 aliphatic carbocycles. The van der Waals surface area contributed by atoms with Gasteiger partial charge in [-0.1, -0.05) is 35.9 Å². The van der Waals surface area contributed by atoms with E-state index in [-0.39, 0.29) is 26.1 Å². The van der Waals surface area contributed by atoms with Crippen molar-refractivity contribution < 1.29 is 23.8 Å². The van der Waals surface area contributed by atoms with Crippen molar-refractivity contribution in [1.82, 2.24) is 10.3 Å². The molecule has 1 atom stereocenters. The van der Waals surface area contributed by atoms with E-state index in [4.69, 9.17) is 14.3 Å². The zero-order valence-corrected chi connectivity index (χ0v) is 14.6. The largest absolute Gasteiger partial charge is 0.480 e. The number of carbonyl (C=O) groups is 2. The van der Waals surface area contributed by atoms with Crippen LogP contribution in [-0.4, -0.2) is 41.2 Å². The van der Waals surface area contributed by atoms with E-state index in [2.05, 4.69) is 16.9 Å². The lowest BCUT2D eigenvalue weighted by Gasteiger charge is -2.13. The molecule has 7 nitrogen and oxygen atoms in total. The Hall–Kier alpha value is -2.93. The Kier molecular flexibility index (Phi) is 7.11. The molecule has 0 spiro atoms. The number of amides is 1.